The lowest BCUT2D eigenvalue weighted by molar-refractivity contribution is 0.103. The van der Waals surface area contributed by atoms with Gasteiger partial charge < -0.3 is 5.11 Å². The molecular weight excluding hydrogens is 316 g/mol. The van der Waals surface area contributed by atoms with Crippen LogP contribution in [0.4, 0.5) is 0 Å². The molecule has 1 unspecified atom stereocenters. The normalized spacial score (nSPS) is 15.6. The minimum atomic E-state index is -0.745. The van der Waals surface area contributed by atoms with Crippen molar-refractivity contribution < 1.29 is 5.11 Å². The molecule has 0 spiro atoms. The fourth-order valence-electron chi connectivity index (χ4n) is 2.70. The van der Waals surface area contributed by atoms with Crippen molar-refractivity contribution in [1.82, 2.24) is 0 Å². The van der Waals surface area contributed by atoms with E-state index in [2.05, 4.69) is 65.5 Å². The van der Waals surface area contributed by atoms with Crippen LogP contribution < -0.4 is 0 Å². The van der Waals surface area contributed by atoms with Crippen LogP contribution in [-0.4, -0.2) is 10.7 Å². The van der Waals surface area contributed by atoms with Gasteiger partial charge in [0, 0.05) is 0 Å². The van der Waals surface area contributed by atoms with Gasteiger partial charge in [0.05, 0.1) is 5.60 Å². The van der Waals surface area contributed by atoms with Crippen LogP contribution in [0.2, 0.25) is 0 Å². The molecule has 148 valence electrons. The molecule has 0 aromatic rings. The molecule has 26 heavy (non-hydrogen) atoms. The Labute approximate surface area is 163 Å². The topological polar surface area (TPSA) is 20.2 Å². The molecule has 0 aliphatic heterocycles. The summed E-state index contributed by atoms with van der Waals surface area (Å²) in [5.41, 5.74) is 5.06. The van der Waals surface area contributed by atoms with E-state index in [1.54, 1.807) is 6.08 Å². The van der Waals surface area contributed by atoms with Crippen molar-refractivity contribution in [3.63, 3.8) is 0 Å². The summed E-state index contributed by atoms with van der Waals surface area (Å²) in [4.78, 5) is 0. The lowest BCUT2D eigenvalue weighted by Gasteiger charge is -2.16. The first-order valence-corrected chi connectivity index (χ1v) is 10.1. The Morgan fingerprint density at radius 3 is 1.50 bits per heavy atom. The molecular formula is C25H42O. The molecule has 0 heterocycles. The van der Waals surface area contributed by atoms with Crippen LogP contribution in [0.3, 0.4) is 0 Å². The van der Waals surface area contributed by atoms with Gasteiger partial charge in [-0.15, -0.1) is 6.58 Å². The first-order valence-electron chi connectivity index (χ1n) is 10.1. The molecule has 0 aromatic heterocycles. The molecule has 1 N–H and O–H groups in total. The van der Waals surface area contributed by atoms with Gasteiger partial charge >= 0.3 is 0 Å². The number of allylic oxidation sites excluding steroid dienone is 8. The van der Waals surface area contributed by atoms with E-state index in [9.17, 15) is 5.11 Å². The minimum absolute atomic E-state index is 0.738. The van der Waals surface area contributed by atoms with Crippen molar-refractivity contribution in [3.8, 4) is 0 Å². The molecule has 0 aliphatic rings. The minimum Gasteiger partial charge on any atom is -0.386 e. The highest BCUT2D eigenvalue weighted by Crippen LogP contribution is 2.16. The van der Waals surface area contributed by atoms with E-state index in [1.165, 1.54) is 28.7 Å². The zero-order valence-corrected chi connectivity index (χ0v) is 18.2. The summed E-state index contributed by atoms with van der Waals surface area (Å²) in [6, 6.07) is 0. The van der Waals surface area contributed by atoms with Gasteiger partial charge in [-0.1, -0.05) is 52.7 Å². The molecule has 0 amide bonds. The quantitative estimate of drug-likeness (QED) is 0.332. The van der Waals surface area contributed by atoms with Crippen LogP contribution in [0, 0.1) is 0 Å². The van der Waals surface area contributed by atoms with Gasteiger partial charge in [-0.05, 0) is 92.9 Å². The van der Waals surface area contributed by atoms with E-state index in [-0.39, 0.29) is 0 Å². The standard InChI is InChI=1S/C25H42O/c1-8-25(7,26)20-12-19-24(6)18-11-17-23(5)16-10-15-22(4)14-9-13-21(2)3/h8,13,15,17,19,26H,1,9-12,14,16,18,20H2,2-7H3. The highest BCUT2D eigenvalue weighted by molar-refractivity contribution is 5.07. The third-order valence-corrected chi connectivity index (χ3v) is 4.74. The van der Waals surface area contributed by atoms with E-state index < -0.39 is 5.60 Å². The predicted octanol–water partition coefficient (Wildman–Crippen LogP) is 7.85. The molecule has 0 saturated carbocycles. The molecule has 0 saturated heterocycles. The van der Waals surface area contributed by atoms with Gasteiger partial charge in [-0.2, -0.15) is 0 Å². The van der Waals surface area contributed by atoms with Gasteiger partial charge in [-0.25, -0.2) is 0 Å². The average molecular weight is 359 g/mol. The van der Waals surface area contributed by atoms with E-state index in [1.807, 2.05) is 6.92 Å². The highest BCUT2D eigenvalue weighted by atomic mass is 16.3. The van der Waals surface area contributed by atoms with Gasteiger partial charge in [0.1, 0.15) is 0 Å². The summed E-state index contributed by atoms with van der Waals surface area (Å²) in [5.74, 6) is 0. The van der Waals surface area contributed by atoms with Crippen LogP contribution in [-0.2, 0) is 0 Å². The molecule has 0 rings (SSSR count). The summed E-state index contributed by atoms with van der Waals surface area (Å²) < 4.78 is 0. The van der Waals surface area contributed by atoms with Crippen molar-refractivity contribution in [2.24, 2.45) is 0 Å². The zero-order valence-electron chi connectivity index (χ0n) is 18.2. The summed E-state index contributed by atoms with van der Waals surface area (Å²) in [7, 11) is 0. The summed E-state index contributed by atoms with van der Waals surface area (Å²) in [5, 5.41) is 9.91. The second kappa shape index (κ2) is 13.8. The Bertz CT molecular complexity index is 522. The molecule has 1 nitrogen and oxygen atoms in total. The second-order valence-electron chi connectivity index (χ2n) is 8.15. The third kappa shape index (κ3) is 15.0. The Kier molecular flexibility index (Phi) is 13.1. The van der Waals surface area contributed by atoms with Crippen LogP contribution in [0.15, 0.2) is 59.3 Å². The van der Waals surface area contributed by atoms with Crippen LogP contribution in [0.25, 0.3) is 0 Å². The fraction of sp³-hybridized carbons (Fsp3) is 0.600. The zero-order chi connectivity index (χ0) is 20.0. The van der Waals surface area contributed by atoms with Crippen LogP contribution in [0.5, 0.6) is 0 Å². The summed E-state index contributed by atoms with van der Waals surface area (Å²) in [6.07, 6.45) is 19.5. The maximum Gasteiger partial charge on any atom is 0.0800 e. The smallest absolute Gasteiger partial charge is 0.0800 e. The predicted molar refractivity (Wildman–Crippen MR) is 118 cm³/mol. The molecule has 0 bridgehead atoms. The maximum absolute atomic E-state index is 9.91. The highest BCUT2D eigenvalue weighted by Gasteiger charge is 2.13. The van der Waals surface area contributed by atoms with Crippen LogP contribution in [0.1, 0.15) is 92.9 Å². The maximum atomic E-state index is 9.91. The first kappa shape index (κ1) is 24.7. The molecule has 0 radical (unpaired) electrons. The van der Waals surface area contributed by atoms with Gasteiger partial charge in [0.2, 0.25) is 0 Å². The summed E-state index contributed by atoms with van der Waals surface area (Å²) in [6.45, 7) is 16.5. The van der Waals surface area contributed by atoms with Crippen molar-refractivity contribution in [3.05, 3.63) is 59.3 Å². The number of aliphatic hydroxyl groups is 1. The molecule has 1 atom stereocenters. The lowest BCUT2D eigenvalue weighted by Crippen LogP contribution is -2.19. The van der Waals surface area contributed by atoms with Crippen LogP contribution >= 0.6 is 0 Å². The van der Waals surface area contributed by atoms with Crippen molar-refractivity contribution in [2.75, 3.05) is 0 Å². The average Bonchev–Trinajstić information content (AvgIpc) is 2.54. The molecule has 1 heteroatoms. The van der Waals surface area contributed by atoms with Crippen molar-refractivity contribution in [2.45, 2.75) is 98.5 Å². The van der Waals surface area contributed by atoms with E-state index >= 15 is 0 Å². The lowest BCUT2D eigenvalue weighted by atomic mass is 9.99. The summed E-state index contributed by atoms with van der Waals surface area (Å²) >= 11 is 0. The Morgan fingerprint density at radius 2 is 1.12 bits per heavy atom. The Hall–Kier alpha value is -1.34. The van der Waals surface area contributed by atoms with E-state index in [0.29, 0.717) is 0 Å². The SMILES string of the molecule is C=CC(C)(O)CCC=C(C)CCC=C(C)CCC=C(C)CCC=C(C)C. The second-order valence-corrected chi connectivity index (χ2v) is 8.15. The largest absolute Gasteiger partial charge is 0.386 e. The third-order valence-electron chi connectivity index (χ3n) is 4.74. The molecule has 0 aromatic carbocycles. The number of hydrogen-bond acceptors (Lipinski definition) is 1. The molecule has 0 aliphatic carbocycles. The first-order chi connectivity index (χ1) is 12.2. The van der Waals surface area contributed by atoms with E-state index in [4.69, 9.17) is 0 Å². The van der Waals surface area contributed by atoms with Gasteiger partial charge in [-0.3, -0.25) is 0 Å². The number of hydrogen-bond donors (Lipinski definition) is 1. The Balaban J connectivity index is 4.06. The van der Waals surface area contributed by atoms with Gasteiger partial charge in [0.15, 0.2) is 0 Å². The molecule has 0 fully saturated rings. The Morgan fingerprint density at radius 1 is 0.731 bits per heavy atom. The number of rotatable bonds is 13. The monoisotopic (exact) mass is 358 g/mol. The van der Waals surface area contributed by atoms with Gasteiger partial charge in [0.25, 0.3) is 0 Å². The fourth-order valence-corrected chi connectivity index (χ4v) is 2.70. The van der Waals surface area contributed by atoms with Crippen molar-refractivity contribution in [1.29, 1.82) is 0 Å². The van der Waals surface area contributed by atoms with Crippen molar-refractivity contribution >= 4 is 0 Å². The van der Waals surface area contributed by atoms with E-state index in [0.717, 1.165) is 44.9 Å².